The molecule has 4 rings (SSSR count). The zero-order chi connectivity index (χ0) is 19.0. The van der Waals surface area contributed by atoms with Gasteiger partial charge in [-0.2, -0.15) is 0 Å². The van der Waals surface area contributed by atoms with E-state index >= 15 is 0 Å². The molecule has 0 spiro atoms. The van der Waals surface area contributed by atoms with Crippen molar-refractivity contribution in [3.8, 4) is 5.75 Å². The summed E-state index contributed by atoms with van der Waals surface area (Å²) in [6.07, 6.45) is 3.51. The van der Waals surface area contributed by atoms with Crippen LogP contribution < -0.4 is 15.4 Å². The lowest BCUT2D eigenvalue weighted by Gasteiger charge is -2.32. The van der Waals surface area contributed by atoms with Gasteiger partial charge in [0.15, 0.2) is 0 Å². The van der Waals surface area contributed by atoms with E-state index in [0.717, 1.165) is 67.2 Å². The average molecular weight is 372 g/mol. The molecule has 1 saturated heterocycles. The predicted molar refractivity (Wildman–Crippen MR) is 104 cm³/mol. The van der Waals surface area contributed by atoms with Crippen LogP contribution in [0.1, 0.15) is 31.7 Å². The number of aliphatic hydroxyl groups is 1. The first-order valence-electron chi connectivity index (χ1n) is 9.88. The number of carbonyl (C=O) groups excluding carboxylic acids is 1. The average Bonchev–Trinajstić information content (AvgIpc) is 2.89. The molecule has 0 aliphatic carbocycles. The van der Waals surface area contributed by atoms with Gasteiger partial charge in [0.05, 0.1) is 12.1 Å². The summed E-state index contributed by atoms with van der Waals surface area (Å²) in [5, 5.41) is 9.40. The lowest BCUT2D eigenvalue weighted by atomic mass is 9.98. The number of benzene rings is 1. The molecular formula is C20H28N4O3. The topological polar surface area (TPSA) is 93.6 Å². The summed E-state index contributed by atoms with van der Waals surface area (Å²) in [7, 11) is 0. The van der Waals surface area contributed by atoms with Gasteiger partial charge >= 0.3 is 0 Å². The minimum atomic E-state index is -0.292. The Balaban J connectivity index is 1.71. The smallest absolute Gasteiger partial charge is 0.220 e. The van der Waals surface area contributed by atoms with E-state index in [1.807, 2.05) is 13.0 Å². The second kappa shape index (κ2) is 7.38. The first kappa shape index (κ1) is 18.1. The van der Waals surface area contributed by atoms with Crippen molar-refractivity contribution in [3.05, 3.63) is 17.7 Å². The third kappa shape index (κ3) is 3.48. The van der Waals surface area contributed by atoms with Crippen molar-refractivity contribution in [2.75, 3.05) is 31.2 Å². The Morgan fingerprint density at radius 3 is 2.85 bits per heavy atom. The Bertz CT molecular complexity index is 839. The number of ether oxygens (including phenoxy) is 1. The Hall–Kier alpha value is -2.28. The summed E-state index contributed by atoms with van der Waals surface area (Å²) < 4.78 is 8.29. The summed E-state index contributed by atoms with van der Waals surface area (Å²) in [5.74, 6) is 1.73. The maximum absolute atomic E-state index is 11.5. The molecule has 3 heterocycles. The first-order chi connectivity index (χ1) is 13.1. The van der Waals surface area contributed by atoms with Crippen LogP contribution in [0.2, 0.25) is 0 Å². The van der Waals surface area contributed by atoms with Crippen LogP contribution in [0.25, 0.3) is 11.0 Å². The number of hydrogen-bond donors (Lipinski definition) is 2. The molecule has 1 atom stereocenters. The summed E-state index contributed by atoms with van der Waals surface area (Å²) in [4.78, 5) is 18.7. The Kier molecular flexibility index (Phi) is 4.95. The van der Waals surface area contributed by atoms with Crippen molar-refractivity contribution < 1.29 is 14.6 Å². The minimum absolute atomic E-state index is 0.223. The highest BCUT2D eigenvalue weighted by Gasteiger charge is 2.26. The number of hydrogen-bond acceptors (Lipinski definition) is 5. The zero-order valence-electron chi connectivity index (χ0n) is 15.9. The van der Waals surface area contributed by atoms with Gasteiger partial charge in [0.1, 0.15) is 11.3 Å². The standard InChI is InChI=1S/C20H28N4O3/c1-13(19(21)26)9-15-10-16-18-17(11-15)27-8-2-5-24(18)20(22-16)23-6-3-14(12-25)4-7-23/h10-11,13-14,25H,2-9,12H2,1H3,(H2,21,26)/t13-/m1/s1. The Morgan fingerprint density at radius 1 is 1.37 bits per heavy atom. The summed E-state index contributed by atoms with van der Waals surface area (Å²) in [6.45, 7) is 5.50. The van der Waals surface area contributed by atoms with Gasteiger partial charge in [0.2, 0.25) is 11.9 Å². The maximum Gasteiger partial charge on any atom is 0.220 e. The molecule has 1 fully saturated rings. The van der Waals surface area contributed by atoms with E-state index in [-0.39, 0.29) is 18.4 Å². The van der Waals surface area contributed by atoms with Crippen LogP contribution in [0.4, 0.5) is 5.95 Å². The maximum atomic E-state index is 11.5. The number of rotatable bonds is 5. The molecule has 1 aromatic carbocycles. The Morgan fingerprint density at radius 2 is 2.15 bits per heavy atom. The number of primary amides is 1. The molecule has 2 aliphatic heterocycles. The quantitative estimate of drug-likeness (QED) is 0.833. The monoisotopic (exact) mass is 372 g/mol. The molecule has 0 saturated carbocycles. The predicted octanol–water partition coefficient (Wildman–Crippen LogP) is 1.69. The number of amides is 1. The fourth-order valence-electron chi connectivity index (χ4n) is 4.13. The van der Waals surface area contributed by atoms with Crippen molar-refractivity contribution in [2.24, 2.45) is 17.6 Å². The van der Waals surface area contributed by atoms with Crippen LogP contribution in [0.3, 0.4) is 0 Å². The van der Waals surface area contributed by atoms with Gasteiger partial charge in [0.25, 0.3) is 0 Å². The molecule has 7 nitrogen and oxygen atoms in total. The van der Waals surface area contributed by atoms with Crippen molar-refractivity contribution in [1.29, 1.82) is 0 Å². The number of aromatic nitrogens is 2. The summed E-state index contributed by atoms with van der Waals surface area (Å²) >= 11 is 0. The molecular weight excluding hydrogens is 344 g/mol. The van der Waals surface area contributed by atoms with E-state index in [4.69, 9.17) is 15.5 Å². The fourth-order valence-corrected chi connectivity index (χ4v) is 4.13. The Labute approximate surface area is 159 Å². The molecule has 27 heavy (non-hydrogen) atoms. The normalized spacial score (nSPS) is 19.0. The van der Waals surface area contributed by atoms with Crippen molar-refractivity contribution in [2.45, 2.75) is 39.2 Å². The lowest BCUT2D eigenvalue weighted by Crippen LogP contribution is -2.36. The molecule has 2 aliphatic rings. The molecule has 0 unspecified atom stereocenters. The molecule has 1 aromatic heterocycles. The number of carbonyl (C=O) groups is 1. The van der Waals surface area contributed by atoms with Crippen molar-refractivity contribution in [3.63, 3.8) is 0 Å². The third-order valence-corrected chi connectivity index (χ3v) is 5.81. The highest BCUT2D eigenvalue weighted by molar-refractivity contribution is 5.86. The molecule has 0 bridgehead atoms. The summed E-state index contributed by atoms with van der Waals surface area (Å²) in [6, 6.07) is 4.10. The van der Waals surface area contributed by atoms with Gasteiger partial charge in [-0.15, -0.1) is 0 Å². The van der Waals surface area contributed by atoms with E-state index in [9.17, 15) is 9.90 Å². The second-order valence-electron chi connectivity index (χ2n) is 7.85. The van der Waals surface area contributed by atoms with Crippen LogP contribution in [-0.4, -0.2) is 46.9 Å². The third-order valence-electron chi connectivity index (χ3n) is 5.81. The van der Waals surface area contributed by atoms with E-state index in [2.05, 4.69) is 15.5 Å². The molecule has 146 valence electrons. The summed E-state index contributed by atoms with van der Waals surface area (Å²) in [5.41, 5.74) is 8.43. The number of nitrogens with zero attached hydrogens (tertiary/aromatic N) is 3. The van der Waals surface area contributed by atoms with E-state index in [0.29, 0.717) is 18.9 Å². The number of anilines is 1. The van der Waals surface area contributed by atoms with Gasteiger partial charge in [0, 0.05) is 32.2 Å². The van der Waals surface area contributed by atoms with Gasteiger partial charge in [-0.1, -0.05) is 6.92 Å². The molecule has 1 amide bonds. The molecule has 0 radical (unpaired) electrons. The van der Waals surface area contributed by atoms with E-state index < -0.39 is 0 Å². The van der Waals surface area contributed by atoms with Crippen LogP contribution >= 0.6 is 0 Å². The van der Waals surface area contributed by atoms with Crippen LogP contribution in [0.5, 0.6) is 5.75 Å². The first-order valence-corrected chi connectivity index (χ1v) is 9.88. The van der Waals surface area contributed by atoms with E-state index in [1.54, 1.807) is 0 Å². The largest absolute Gasteiger partial charge is 0.491 e. The molecule has 3 N–H and O–H groups in total. The minimum Gasteiger partial charge on any atom is -0.491 e. The van der Waals surface area contributed by atoms with Gasteiger partial charge in [-0.3, -0.25) is 4.79 Å². The van der Waals surface area contributed by atoms with Crippen LogP contribution in [0, 0.1) is 11.8 Å². The second-order valence-corrected chi connectivity index (χ2v) is 7.85. The number of aliphatic hydroxyl groups excluding tert-OH is 1. The van der Waals surface area contributed by atoms with Gasteiger partial charge in [-0.05, 0) is 49.3 Å². The number of piperidine rings is 1. The molecule has 7 heteroatoms. The fraction of sp³-hybridized carbons (Fsp3) is 0.600. The zero-order valence-corrected chi connectivity index (χ0v) is 15.9. The SMILES string of the molecule is C[C@H](Cc1cc2c3c(c1)nc(N1CCC(CO)CC1)n3CCCO2)C(N)=O. The van der Waals surface area contributed by atoms with Crippen molar-refractivity contribution in [1.82, 2.24) is 9.55 Å². The molecule has 2 aromatic rings. The lowest BCUT2D eigenvalue weighted by molar-refractivity contribution is -0.121. The highest BCUT2D eigenvalue weighted by atomic mass is 16.5. The van der Waals surface area contributed by atoms with E-state index in [1.165, 1.54) is 0 Å². The van der Waals surface area contributed by atoms with Gasteiger partial charge < -0.3 is 25.0 Å². The number of aryl methyl sites for hydroxylation is 1. The number of imidazole rings is 1. The highest BCUT2D eigenvalue weighted by Crippen LogP contribution is 2.35. The van der Waals surface area contributed by atoms with Crippen LogP contribution in [-0.2, 0) is 17.8 Å². The number of nitrogens with two attached hydrogens (primary N) is 1. The van der Waals surface area contributed by atoms with Crippen molar-refractivity contribution >= 4 is 22.9 Å². The van der Waals surface area contributed by atoms with Gasteiger partial charge in [-0.25, -0.2) is 4.98 Å². The van der Waals surface area contributed by atoms with Crippen LogP contribution in [0.15, 0.2) is 12.1 Å².